The molecule has 0 bridgehead atoms. The molecule has 130 valence electrons. The van der Waals surface area contributed by atoms with Crippen molar-refractivity contribution >= 4 is 20.9 Å². The van der Waals surface area contributed by atoms with Crippen LogP contribution in [0.2, 0.25) is 0 Å². The number of H-pyrrole nitrogens is 1. The molecule has 0 radical (unpaired) electrons. The van der Waals surface area contributed by atoms with Gasteiger partial charge in [-0.05, 0) is 29.9 Å². The Morgan fingerprint density at radius 3 is 2.79 bits per heavy atom. The molecule has 7 heteroatoms. The first-order valence-electron chi connectivity index (χ1n) is 8.14. The Labute approximate surface area is 141 Å². The second-order valence-corrected chi connectivity index (χ2v) is 8.57. The third kappa shape index (κ3) is 3.68. The summed E-state index contributed by atoms with van der Waals surface area (Å²) < 4.78 is 24.8. The molecule has 2 aromatic rings. The average Bonchev–Trinajstić information content (AvgIpc) is 2.53. The summed E-state index contributed by atoms with van der Waals surface area (Å²) in [4.78, 5) is 15.1. The third-order valence-electron chi connectivity index (χ3n) is 4.72. The van der Waals surface area contributed by atoms with E-state index in [2.05, 4.69) is 10.3 Å². The molecular weight excluding hydrogens is 326 g/mol. The van der Waals surface area contributed by atoms with Crippen molar-refractivity contribution in [3.8, 4) is 0 Å². The molecule has 1 aromatic heterocycles. The molecule has 1 aliphatic heterocycles. The Hall–Kier alpha value is -1.70. The van der Waals surface area contributed by atoms with Crippen molar-refractivity contribution in [1.82, 2.24) is 14.6 Å². The van der Waals surface area contributed by atoms with Gasteiger partial charge in [0.25, 0.3) is 5.56 Å². The van der Waals surface area contributed by atoms with Gasteiger partial charge < -0.3 is 10.3 Å². The Kier molecular flexibility index (Phi) is 4.76. The Balaban J connectivity index is 1.68. The minimum atomic E-state index is -3.13. The standard InChI is InChI=1S/C17H23N3O3S/c1-12-11-20(24(2,22)23)8-7-15(12)18-10-14-9-13-5-3-4-6-16(13)19-17(14)21/h3-6,9,12,15,18H,7-8,10-11H2,1-2H3,(H,19,21)/t12-,15-/m1/s1. The maximum absolute atomic E-state index is 12.2. The highest BCUT2D eigenvalue weighted by molar-refractivity contribution is 7.88. The van der Waals surface area contributed by atoms with Crippen molar-refractivity contribution in [3.05, 3.63) is 46.2 Å². The lowest BCUT2D eigenvalue weighted by atomic mass is 9.95. The number of para-hydroxylation sites is 1. The largest absolute Gasteiger partial charge is 0.322 e. The normalized spacial score (nSPS) is 22.8. The van der Waals surface area contributed by atoms with Gasteiger partial charge in [-0.15, -0.1) is 0 Å². The number of nitrogens with zero attached hydrogens (tertiary/aromatic N) is 1. The molecule has 1 aliphatic rings. The molecule has 3 rings (SSSR count). The van der Waals surface area contributed by atoms with E-state index in [4.69, 9.17) is 0 Å². The van der Waals surface area contributed by atoms with Crippen molar-refractivity contribution in [2.45, 2.75) is 25.9 Å². The third-order valence-corrected chi connectivity index (χ3v) is 5.99. The second kappa shape index (κ2) is 6.66. The Bertz CT molecular complexity index is 891. The van der Waals surface area contributed by atoms with Crippen LogP contribution in [0.25, 0.3) is 10.9 Å². The summed E-state index contributed by atoms with van der Waals surface area (Å²) in [7, 11) is -3.13. The lowest BCUT2D eigenvalue weighted by Crippen LogP contribution is -2.49. The summed E-state index contributed by atoms with van der Waals surface area (Å²) in [6.07, 6.45) is 2.00. The van der Waals surface area contributed by atoms with Crippen molar-refractivity contribution in [2.24, 2.45) is 5.92 Å². The second-order valence-electron chi connectivity index (χ2n) is 6.59. The van der Waals surface area contributed by atoms with Crippen LogP contribution in [0.15, 0.2) is 35.1 Å². The number of fused-ring (bicyclic) bond motifs is 1. The van der Waals surface area contributed by atoms with Crippen LogP contribution >= 0.6 is 0 Å². The van der Waals surface area contributed by atoms with Crippen molar-refractivity contribution in [2.75, 3.05) is 19.3 Å². The number of nitrogens with one attached hydrogen (secondary N) is 2. The summed E-state index contributed by atoms with van der Waals surface area (Å²) in [5.41, 5.74) is 1.45. The highest BCUT2D eigenvalue weighted by Crippen LogP contribution is 2.19. The molecule has 1 aromatic carbocycles. The van der Waals surface area contributed by atoms with Crippen molar-refractivity contribution < 1.29 is 8.42 Å². The predicted molar refractivity (Wildman–Crippen MR) is 95.4 cm³/mol. The van der Waals surface area contributed by atoms with Crippen LogP contribution in [-0.4, -0.2) is 43.1 Å². The van der Waals surface area contributed by atoms with Crippen LogP contribution in [0, 0.1) is 5.92 Å². The van der Waals surface area contributed by atoms with E-state index in [1.165, 1.54) is 10.6 Å². The van der Waals surface area contributed by atoms with Crippen LogP contribution in [0.1, 0.15) is 18.9 Å². The van der Waals surface area contributed by atoms with Gasteiger partial charge in [-0.25, -0.2) is 12.7 Å². The van der Waals surface area contributed by atoms with E-state index in [-0.39, 0.29) is 17.5 Å². The van der Waals surface area contributed by atoms with Gasteiger partial charge in [-0.1, -0.05) is 25.1 Å². The summed E-state index contributed by atoms with van der Waals surface area (Å²) in [6.45, 7) is 3.56. The maximum atomic E-state index is 12.2. The lowest BCUT2D eigenvalue weighted by Gasteiger charge is -2.36. The first kappa shape index (κ1) is 17.1. The first-order chi connectivity index (χ1) is 11.3. The van der Waals surface area contributed by atoms with Gasteiger partial charge in [0.1, 0.15) is 0 Å². The Morgan fingerprint density at radius 2 is 2.08 bits per heavy atom. The quantitative estimate of drug-likeness (QED) is 0.871. The minimum absolute atomic E-state index is 0.0811. The van der Waals surface area contributed by atoms with Gasteiger partial charge in [0.05, 0.1) is 6.26 Å². The van der Waals surface area contributed by atoms with Crippen LogP contribution in [0.3, 0.4) is 0 Å². The number of piperidine rings is 1. The molecule has 2 atom stereocenters. The van der Waals surface area contributed by atoms with E-state index in [1.54, 1.807) is 0 Å². The number of benzene rings is 1. The van der Waals surface area contributed by atoms with Crippen molar-refractivity contribution in [1.29, 1.82) is 0 Å². The number of rotatable bonds is 4. The fourth-order valence-electron chi connectivity index (χ4n) is 3.28. The van der Waals surface area contributed by atoms with Crippen LogP contribution in [-0.2, 0) is 16.6 Å². The molecule has 24 heavy (non-hydrogen) atoms. The Morgan fingerprint density at radius 1 is 1.33 bits per heavy atom. The van der Waals surface area contributed by atoms with Crippen LogP contribution in [0.5, 0.6) is 0 Å². The molecule has 0 amide bonds. The number of aromatic amines is 1. The lowest BCUT2D eigenvalue weighted by molar-refractivity contribution is 0.220. The summed E-state index contributed by atoms with van der Waals surface area (Å²) in [6, 6.07) is 9.82. The minimum Gasteiger partial charge on any atom is -0.322 e. The SMILES string of the molecule is C[C@@H]1CN(S(C)(=O)=O)CC[C@H]1NCc1cc2ccccc2[nH]c1=O. The molecule has 0 spiro atoms. The number of pyridine rings is 1. The molecular formula is C17H23N3O3S. The molecule has 6 nitrogen and oxygen atoms in total. The monoisotopic (exact) mass is 349 g/mol. The van der Waals surface area contributed by atoms with Gasteiger partial charge in [-0.2, -0.15) is 0 Å². The van der Waals surface area contributed by atoms with Crippen LogP contribution < -0.4 is 10.9 Å². The summed E-state index contributed by atoms with van der Waals surface area (Å²) in [5, 5.41) is 4.43. The van der Waals surface area contributed by atoms with Gasteiger partial charge in [0.15, 0.2) is 0 Å². The van der Waals surface area contributed by atoms with Gasteiger partial charge in [0, 0.05) is 36.8 Å². The molecule has 0 unspecified atom stereocenters. The fraction of sp³-hybridized carbons (Fsp3) is 0.471. The van der Waals surface area contributed by atoms with E-state index >= 15 is 0 Å². The number of hydrogen-bond acceptors (Lipinski definition) is 4. The molecule has 0 aliphatic carbocycles. The first-order valence-corrected chi connectivity index (χ1v) is 9.99. The predicted octanol–water partition coefficient (Wildman–Crippen LogP) is 1.29. The highest BCUT2D eigenvalue weighted by Gasteiger charge is 2.30. The zero-order valence-corrected chi connectivity index (χ0v) is 14.8. The molecule has 1 fully saturated rings. The van der Waals surface area contributed by atoms with Crippen LogP contribution in [0.4, 0.5) is 0 Å². The van der Waals surface area contributed by atoms with E-state index in [0.717, 1.165) is 17.3 Å². The molecule has 2 heterocycles. The number of sulfonamides is 1. The van der Waals surface area contributed by atoms with E-state index in [1.807, 2.05) is 37.3 Å². The zero-order valence-electron chi connectivity index (χ0n) is 14.0. The molecule has 2 N–H and O–H groups in total. The van der Waals surface area contributed by atoms with E-state index < -0.39 is 10.0 Å². The van der Waals surface area contributed by atoms with Gasteiger partial charge >= 0.3 is 0 Å². The maximum Gasteiger partial charge on any atom is 0.252 e. The number of aromatic nitrogens is 1. The number of hydrogen-bond donors (Lipinski definition) is 2. The molecule has 1 saturated heterocycles. The summed E-state index contributed by atoms with van der Waals surface area (Å²) in [5.74, 6) is 0.202. The zero-order chi connectivity index (χ0) is 17.3. The topological polar surface area (TPSA) is 82.3 Å². The van der Waals surface area contributed by atoms with Crippen molar-refractivity contribution in [3.63, 3.8) is 0 Å². The molecule has 0 saturated carbocycles. The fourth-order valence-corrected chi connectivity index (χ4v) is 4.22. The summed E-state index contributed by atoms with van der Waals surface area (Å²) >= 11 is 0. The van der Waals surface area contributed by atoms with Gasteiger partial charge in [-0.3, -0.25) is 4.79 Å². The van der Waals surface area contributed by atoms with E-state index in [0.29, 0.717) is 25.2 Å². The van der Waals surface area contributed by atoms with Gasteiger partial charge in [0.2, 0.25) is 10.0 Å². The average molecular weight is 349 g/mol. The van der Waals surface area contributed by atoms with E-state index in [9.17, 15) is 13.2 Å². The highest BCUT2D eigenvalue weighted by atomic mass is 32.2. The smallest absolute Gasteiger partial charge is 0.252 e.